The second-order valence-corrected chi connectivity index (χ2v) is 7.50. The van der Waals surface area contributed by atoms with Gasteiger partial charge in [-0.3, -0.25) is 0 Å². The van der Waals surface area contributed by atoms with Gasteiger partial charge in [0.25, 0.3) is 0 Å². The zero-order chi connectivity index (χ0) is 18.4. The number of hydrogen-bond donors (Lipinski definition) is 2. The lowest BCUT2D eigenvalue weighted by molar-refractivity contribution is 0.0511. The molecule has 0 radical (unpaired) electrons. The van der Waals surface area contributed by atoms with Crippen LogP contribution in [0.2, 0.25) is 0 Å². The van der Waals surface area contributed by atoms with Gasteiger partial charge in [-0.15, -0.1) is 0 Å². The molecule has 1 aromatic rings. The zero-order valence-corrected chi connectivity index (χ0v) is 15.5. The summed E-state index contributed by atoms with van der Waals surface area (Å²) in [5.41, 5.74) is -0.490. The number of amides is 3. The van der Waals surface area contributed by atoms with E-state index in [0.717, 1.165) is 18.6 Å². The van der Waals surface area contributed by atoms with E-state index >= 15 is 0 Å². The molecule has 1 saturated heterocycles. The van der Waals surface area contributed by atoms with Crippen LogP contribution in [0.4, 0.5) is 9.59 Å². The van der Waals surface area contributed by atoms with Crippen LogP contribution in [0.3, 0.4) is 0 Å². The van der Waals surface area contributed by atoms with Gasteiger partial charge in [-0.1, -0.05) is 0 Å². The summed E-state index contributed by atoms with van der Waals surface area (Å²) in [7, 11) is 0. The fourth-order valence-corrected chi connectivity index (χ4v) is 2.77. The minimum atomic E-state index is -0.490. The van der Waals surface area contributed by atoms with Crippen molar-refractivity contribution in [2.45, 2.75) is 52.2 Å². The van der Waals surface area contributed by atoms with Gasteiger partial charge in [-0.25, -0.2) is 9.59 Å². The van der Waals surface area contributed by atoms with Crippen molar-refractivity contribution in [3.8, 4) is 0 Å². The summed E-state index contributed by atoms with van der Waals surface area (Å²) in [6.45, 7) is 9.35. The first-order chi connectivity index (χ1) is 11.7. The van der Waals surface area contributed by atoms with E-state index in [1.54, 1.807) is 12.3 Å². The van der Waals surface area contributed by atoms with Gasteiger partial charge in [-0.05, 0) is 58.6 Å². The predicted octanol–water partition coefficient (Wildman–Crippen LogP) is 3.29. The molecule has 0 aliphatic carbocycles. The Morgan fingerprint density at radius 2 is 2.04 bits per heavy atom. The Balaban J connectivity index is 1.68. The lowest BCUT2D eigenvalue weighted by atomic mass is 9.97. The van der Waals surface area contributed by atoms with Gasteiger partial charge in [0.1, 0.15) is 11.4 Å². The van der Waals surface area contributed by atoms with Crippen molar-refractivity contribution < 1.29 is 18.7 Å². The summed E-state index contributed by atoms with van der Waals surface area (Å²) in [6.07, 6.45) is 2.93. The molecule has 2 heterocycles. The van der Waals surface area contributed by atoms with Crippen LogP contribution >= 0.6 is 0 Å². The second kappa shape index (κ2) is 8.27. The van der Waals surface area contributed by atoms with Gasteiger partial charge < -0.3 is 24.7 Å². The highest BCUT2D eigenvalue weighted by molar-refractivity contribution is 5.74. The minimum Gasteiger partial charge on any atom is -0.467 e. The Kier molecular flexibility index (Phi) is 6.33. The van der Waals surface area contributed by atoms with Crippen LogP contribution in [-0.2, 0) is 4.74 Å². The van der Waals surface area contributed by atoms with Crippen molar-refractivity contribution in [1.29, 1.82) is 0 Å². The van der Waals surface area contributed by atoms with Crippen molar-refractivity contribution in [2.24, 2.45) is 5.92 Å². The standard InChI is InChI=1S/C18H29N3O4/c1-13(15-6-5-11-24-15)20-16(22)21-9-7-14(8-10-21)12-19-17(23)25-18(2,3)4/h5-6,11,13-14H,7-10,12H2,1-4H3,(H,19,23)(H,20,22). The van der Waals surface area contributed by atoms with Gasteiger partial charge in [0.15, 0.2) is 0 Å². The lowest BCUT2D eigenvalue weighted by Gasteiger charge is -2.32. The van der Waals surface area contributed by atoms with Crippen molar-refractivity contribution in [3.05, 3.63) is 24.2 Å². The summed E-state index contributed by atoms with van der Waals surface area (Å²) < 4.78 is 10.5. The van der Waals surface area contributed by atoms with Gasteiger partial charge in [-0.2, -0.15) is 0 Å². The number of urea groups is 1. The highest BCUT2D eigenvalue weighted by Gasteiger charge is 2.25. The average molecular weight is 351 g/mol. The van der Waals surface area contributed by atoms with E-state index in [2.05, 4.69) is 10.6 Å². The Hall–Kier alpha value is -2.18. The van der Waals surface area contributed by atoms with Crippen LogP contribution in [0.1, 0.15) is 52.3 Å². The summed E-state index contributed by atoms with van der Waals surface area (Å²) in [6, 6.07) is 3.41. The molecule has 1 atom stereocenters. The summed E-state index contributed by atoms with van der Waals surface area (Å²) in [5.74, 6) is 1.10. The Morgan fingerprint density at radius 1 is 1.36 bits per heavy atom. The van der Waals surface area contributed by atoms with E-state index in [1.165, 1.54) is 0 Å². The number of piperidine rings is 1. The van der Waals surface area contributed by atoms with Crippen LogP contribution in [0, 0.1) is 5.92 Å². The Morgan fingerprint density at radius 3 is 2.60 bits per heavy atom. The Labute approximate surface area is 149 Å². The maximum absolute atomic E-state index is 12.3. The largest absolute Gasteiger partial charge is 0.467 e. The molecule has 1 fully saturated rings. The number of rotatable bonds is 4. The molecule has 7 nitrogen and oxygen atoms in total. The maximum atomic E-state index is 12.3. The van der Waals surface area contributed by atoms with Gasteiger partial charge in [0.2, 0.25) is 0 Å². The van der Waals surface area contributed by atoms with E-state index in [9.17, 15) is 9.59 Å². The molecule has 7 heteroatoms. The van der Waals surface area contributed by atoms with Crippen molar-refractivity contribution in [1.82, 2.24) is 15.5 Å². The number of hydrogen-bond acceptors (Lipinski definition) is 4. The molecule has 1 aliphatic heterocycles. The third-order valence-electron chi connectivity index (χ3n) is 4.15. The average Bonchev–Trinajstić information content (AvgIpc) is 3.06. The molecule has 2 rings (SSSR count). The first-order valence-electron chi connectivity index (χ1n) is 8.80. The van der Waals surface area contributed by atoms with E-state index < -0.39 is 5.60 Å². The van der Waals surface area contributed by atoms with Crippen molar-refractivity contribution in [2.75, 3.05) is 19.6 Å². The number of nitrogens with one attached hydrogen (secondary N) is 2. The predicted molar refractivity (Wildman–Crippen MR) is 94.2 cm³/mol. The SMILES string of the molecule is CC(NC(=O)N1CCC(CNC(=O)OC(C)(C)C)CC1)c1ccco1. The summed E-state index contributed by atoms with van der Waals surface area (Å²) in [5, 5.41) is 5.76. The van der Waals surface area contributed by atoms with Crippen LogP contribution in [0.15, 0.2) is 22.8 Å². The van der Waals surface area contributed by atoms with Gasteiger partial charge in [0.05, 0.1) is 12.3 Å². The zero-order valence-electron chi connectivity index (χ0n) is 15.5. The monoisotopic (exact) mass is 351 g/mol. The van der Waals surface area contributed by atoms with E-state index in [1.807, 2.05) is 38.7 Å². The molecule has 1 aromatic heterocycles. The normalized spacial score (nSPS) is 17.0. The van der Waals surface area contributed by atoms with Crippen LogP contribution in [-0.4, -0.2) is 42.3 Å². The number of likely N-dealkylation sites (tertiary alicyclic amines) is 1. The third kappa shape index (κ3) is 6.32. The fraction of sp³-hybridized carbons (Fsp3) is 0.667. The first kappa shape index (κ1) is 19.1. The highest BCUT2D eigenvalue weighted by atomic mass is 16.6. The molecule has 1 aliphatic rings. The topological polar surface area (TPSA) is 83.8 Å². The highest BCUT2D eigenvalue weighted by Crippen LogP contribution is 2.18. The van der Waals surface area contributed by atoms with Crippen LogP contribution in [0.5, 0.6) is 0 Å². The number of nitrogens with zero attached hydrogens (tertiary/aromatic N) is 1. The molecule has 0 bridgehead atoms. The number of ether oxygens (including phenoxy) is 1. The Bertz CT molecular complexity index is 557. The molecule has 2 N–H and O–H groups in total. The number of carbonyl (C=O) groups excluding carboxylic acids is 2. The quantitative estimate of drug-likeness (QED) is 0.872. The van der Waals surface area contributed by atoms with E-state index in [4.69, 9.17) is 9.15 Å². The molecule has 3 amide bonds. The van der Waals surface area contributed by atoms with Crippen molar-refractivity contribution >= 4 is 12.1 Å². The van der Waals surface area contributed by atoms with E-state index in [0.29, 0.717) is 25.6 Å². The number of alkyl carbamates (subject to hydrolysis) is 1. The fourth-order valence-electron chi connectivity index (χ4n) is 2.77. The van der Waals surface area contributed by atoms with Crippen LogP contribution < -0.4 is 10.6 Å². The lowest BCUT2D eigenvalue weighted by Crippen LogP contribution is -2.46. The molecule has 0 saturated carbocycles. The first-order valence-corrected chi connectivity index (χ1v) is 8.80. The number of carbonyl (C=O) groups is 2. The minimum absolute atomic E-state index is 0.0811. The van der Waals surface area contributed by atoms with Gasteiger partial charge in [0, 0.05) is 19.6 Å². The second-order valence-electron chi connectivity index (χ2n) is 7.50. The third-order valence-corrected chi connectivity index (χ3v) is 4.15. The smallest absolute Gasteiger partial charge is 0.407 e. The maximum Gasteiger partial charge on any atom is 0.407 e. The summed E-state index contributed by atoms with van der Waals surface area (Å²) >= 11 is 0. The molecule has 0 aromatic carbocycles. The molecule has 140 valence electrons. The van der Waals surface area contributed by atoms with Gasteiger partial charge >= 0.3 is 12.1 Å². The molecule has 0 spiro atoms. The summed E-state index contributed by atoms with van der Waals surface area (Å²) in [4.78, 5) is 25.8. The van der Waals surface area contributed by atoms with Crippen LogP contribution in [0.25, 0.3) is 0 Å². The molecule has 25 heavy (non-hydrogen) atoms. The van der Waals surface area contributed by atoms with Crippen molar-refractivity contribution in [3.63, 3.8) is 0 Å². The van der Waals surface area contributed by atoms with E-state index in [-0.39, 0.29) is 18.2 Å². The molecular weight excluding hydrogens is 322 g/mol. The molecule has 1 unspecified atom stereocenters. The number of furan rings is 1. The molecular formula is C18H29N3O4.